The van der Waals surface area contributed by atoms with Gasteiger partial charge in [-0.3, -0.25) is 9.36 Å². The smallest absolute Gasteiger partial charge is 0.408 e. The van der Waals surface area contributed by atoms with E-state index in [2.05, 4.69) is 4.90 Å². The van der Waals surface area contributed by atoms with Gasteiger partial charge in [-0.15, -0.1) is 0 Å². The number of hydrogen-bond acceptors (Lipinski definition) is 5. The molecule has 1 spiro atoms. The van der Waals surface area contributed by atoms with E-state index in [-0.39, 0.29) is 17.9 Å². The summed E-state index contributed by atoms with van der Waals surface area (Å²) >= 11 is 0. The summed E-state index contributed by atoms with van der Waals surface area (Å²) in [6.07, 6.45) is 5.64. The Morgan fingerprint density at radius 1 is 1.10 bits per heavy atom. The summed E-state index contributed by atoms with van der Waals surface area (Å²) in [5, 5.41) is 10.8. The molecule has 0 bridgehead atoms. The fraction of sp³-hybridized carbons (Fsp3) is 0.636. The van der Waals surface area contributed by atoms with E-state index < -0.39 is 11.4 Å². The summed E-state index contributed by atoms with van der Waals surface area (Å²) in [5.41, 5.74) is 0.835. The van der Waals surface area contributed by atoms with Crippen LogP contribution in [0, 0.1) is 5.41 Å². The number of carbonyl (C=O) groups excluding carboxylic acids is 1. The monoisotopic (exact) mass is 401 g/mol. The van der Waals surface area contributed by atoms with Gasteiger partial charge in [0.15, 0.2) is 5.58 Å². The highest BCUT2D eigenvalue weighted by Crippen LogP contribution is 2.47. The number of aromatic nitrogens is 1. The number of likely N-dealkylation sites (N-methyl/N-ethyl adjacent to an activating group) is 1. The first-order valence-corrected chi connectivity index (χ1v) is 10.5. The van der Waals surface area contributed by atoms with Crippen molar-refractivity contribution >= 4 is 17.0 Å². The Labute approximate surface area is 170 Å². The zero-order valence-corrected chi connectivity index (χ0v) is 17.4. The molecule has 2 aromatic rings. The maximum Gasteiger partial charge on any atom is 0.420 e. The highest BCUT2D eigenvalue weighted by molar-refractivity contribution is 5.79. The van der Waals surface area contributed by atoms with Gasteiger partial charge in [-0.25, -0.2) is 4.79 Å². The van der Waals surface area contributed by atoms with Crippen molar-refractivity contribution in [3.8, 4) is 0 Å². The van der Waals surface area contributed by atoms with Crippen LogP contribution in [0.15, 0.2) is 33.5 Å². The number of rotatable bonds is 4. The van der Waals surface area contributed by atoms with Gasteiger partial charge in [-0.1, -0.05) is 12.1 Å². The SMILES string of the molecule is CN(C)CC1(O)CCC2(CCN(C(=O)Cn3c(=O)oc4ccccc43)CC2)CC1. The molecule has 7 heteroatoms. The molecule has 0 atom stereocenters. The van der Waals surface area contributed by atoms with Crippen molar-refractivity contribution < 1.29 is 14.3 Å². The summed E-state index contributed by atoms with van der Waals surface area (Å²) in [7, 11) is 4.00. The van der Waals surface area contributed by atoms with Crippen molar-refractivity contribution in [1.29, 1.82) is 0 Å². The van der Waals surface area contributed by atoms with Gasteiger partial charge in [0.2, 0.25) is 5.91 Å². The topological polar surface area (TPSA) is 78.9 Å². The minimum absolute atomic E-state index is 0.0193. The molecule has 1 aromatic carbocycles. The Bertz CT molecular complexity index is 927. The first-order chi connectivity index (χ1) is 13.8. The molecule has 1 amide bonds. The maximum atomic E-state index is 12.8. The highest BCUT2D eigenvalue weighted by atomic mass is 16.4. The van der Waals surface area contributed by atoms with Crippen molar-refractivity contribution in [3.05, 3.63) is 34.8 Å². The largest absolute Gasteiger partial charge is 0.420 e. The van der Waals surface area contributed by atoms with E-state index in [0.717, 1.165) is 51.6 Å². The third-order valence-corrected chi connectivity index (χ3v) is 6.90. The van der Waals surface area contributed by atoms with Crippen LogP contribution in [0.25, 0.3) is 11.1 Å². The second kappa shape index (κ2) is 7.61. The third-order valence-electron chi connectivity index (χ3n) is 6.90. The molecule has 2 fully saturated rings. The molecular weight excluding hydrogens is 370 g/mol. The molecule has 1 aromatic heterocycles. The number of para-hydroxylation sites is 2. The molecule has 1 saturated heterocycles. The molecule has 2 aliphatic rings. The Balaban J connectivity index is 1.36. The number of nitrogens with zero attached hydrogens (tertiary/aromatic N) is 3. The van der Waals surface area contributed by atoms with E-state index in [9.17, 15) is 14.7 Å². The number of oxazole rings is 1. The average molecular weight is 402 g/mol. The lowest BCUT2D eigenvalue weighted by Crippen LogP contribution is -2.50. The Hall–Kier alpha value is -2.12. The van der Waals surface area contributed by atoms with Gasteiger partial charge in [-0.2, -0.15) is 0 Å². The van der Waals surface area contributed by atoms with Crippen molar-refractivity contribution in [2.75, 3.05) is 33.7 Å². The Kier molecular flexibility index (Phi) is 5.29. The first kappa shape index (κ1) is 20.2. The number of amides is 1. The first-order valence-electron chi connectivity index (χ1n) is 10.5. The van der Waals surface area contributed by atoms with Gasteiger partial charge in [0.1, 0.15) is 6.54 Å². The number of benzene rings is 1. The summed E-state index contributed by atoms with van der Waals surface area (Å²) in [6, 6.07) is 7.19. The predicted octanol–water partition coefficient (Wildman–Crippen LogP) is 2.07. The van der Waals surface area contributed by atoms with Crippen LogP contribution in [0.3, 0.4) is 0 Å². The van der Waals surface area contributed by atoms with Crippen LogP contribution < -0.4 is 5.76 Å². The molecular formula is C22H31N3O4. The number of carbonyl (C=O) groups is 1. The molecule has 7 nitrogen and oxygen atoms in total. The zero-order chi connectivity index (χ0) is 20.6. The molecule has 0 radical (unpaired) electrons. The summed E-state index contributed by atoms with van der Waals surface area (Å²) in [5.74, 6) is -0.520. The number of hydrogen-bond donors (Lipinski definition) is 1. The van der Waals surface area contributed by atoms with Crippen molar-refractivity contribution in [1.82, 2.24) is 14.4 Å². The lowest BCUT2D eigenvalue weighted by Gasteiger charge is -2.48. The molecule has 29 heavy (non-hydrogen) atoms. The van der Waals surface area contributed by atoms with Gasteiger partial charge in [0.25, 0.3) is 0 Å². The van der Waals surface area contributed by atoms with Gasteiger partial charge in [0, 0.05) is 19.6 Å². The van der Waals surface area contributed by atoms with Crippen LogP contribution in [-0.2, 0) is 11.3 Å². The third kappa shape index (κ3) is 4.12. The van der Waals surface area contributed by atoms with Crippen molar-refractivity contribution in [3.63, 3.8) is 0 Å². The second-order valence-electron chi connectivity index (χ2n) is 9.26. The molecule has 1 aliphatic heterocycles. The van der Waals surface area contributed by atoms with Crippen LogP contribution in [0.5, 0.6) is 0 Å². The molecule has 1 aliphatic carbocycles. The number of piperidine rings is 1. The lowest BCUT2D eigenvalue weighted by atomic mass is 9.64. The van der Waals surface area contributed by atoms with Gasteiger partial charge >= 0.3 is 5.76 Å². The highest BCUT2D eigenvalue weighted by Gasteiger charge is 2.43. The fourth-order valence-corrected chi connectivity index (χ4v) is 5.12. The average Bonchev–Trinajstić information content (AvgIpc) is 3.00. The van der Waals surface area contributed by atoms with E-state index in [1.54, 1.807) is 12.1 Å². The van der Waals surface area contributed by atoms with Gasteiger partial charge in [0.05, 0.1) is 11.1 Å². The van der Waals surface area contributed by atoms with E-state index >= 15 is 0 Å². The molecule has 1 saturated carbocycles. The summed E-state index contributed by atoms with van der Waals surface area (Å²) < 4.78 is 6.65. The number of likely N-dealkylation sites (tertiary alicyclic amines) is 1. The maximum absolute atomic E-state index is 12.8. The van der Waals surface area contributed by atoms with Crippen molar-refractivity contribution in [2.24, 2.45) is 5.41 Å². The van der Waals surface area contributed by atoms with Gasteiger partial charge in [-0.05, 0) is 70.2 Å². The van der Waals surface area contributed by atoms with E-state index in [4.69, 9.17) is 4.42 Å². The van der Waals surface area contributed by atoms with Crippen LogP contribution in [0.2, 0.25) is 0 Å². The van der Waals surface area contributed by atoms with Crippen LogP contribution >= 0.6 is 0 Å². The molecule has 1 N–H and O–H groups in total. The lowest BCUT2D eigenvalue weighted by molar-refractivity contribution is -0.135. The minimum atomic E-state index is -0.578. The van der Waals surface area contributed by atoms with Crippen LogP contribution in [0.4, 0.5) is 0 Å². The molecule has 0 unspecified atom stereocenters. The molecule has 2 heterocycles. The van der Waals surface area contributed by atoms with Crippen LogP contribution in [0.1, 0.15) is 38.5 Å². The van der Waals surface area contributed by atoms with E-state index in [1.165, 1.54) is 4.57 Å². The minimum Gasteiger partial charge on any atom is -0.408 e. The zero-order valence-electron chi connectivity index (χ0n) is 17.4. The molecule has 158 valence electrons. The van der Waals surface area contributed by atoms with E-state index in [1.807, 2.05) is 31.1 Å². The van der Waals surface area contributed by atoms with Gasteiger partial charge < -0.3 is 19.3 Å². The quantitative estimate of drug-likeness (QED) is 0.849. The number of fused-ring (bicyclic) bond motifs is 1. The van der Waals surface area contributed by atoms with E-state index in [0.29, 0.717) is 17.6 Å². The predicted molar refractivity (Wildman–Crippen MR) is 111 cm³/mol. The molecule has 4 rings (SSSR count). The Morgan fingerprint density at radius 2 is 1.76 bits per heavy atom. The standard InChI is InChI=1S/C22H31N3O4/c1-23(2)16-22(28)9-7-21(8-10-22)11-13-24(14-12-21)19(26)15-25-17-5-3-4-6-18(17)29-20(25)27/h3-6,28H,7-16H2,1-2H3. The normalized spacial score (nSPS) is 21.2. The number of aliphatic hydroxyl groups is 1. The summed E-state index contributed by atoms with van der Waals surface area (Å²) in [6.45, 7) is 2.16. The van der Waals surface area contributed by atoms with Crippen molar-refractivity contribution in [2.45, 2.75) is 50.7 Å². The second-order valence-corrected chi connectivity index (χ2v) is 9.26. The fourth-order valence-electron chi connectivity index (χ4n) is 5.12. The Morgan fingerprint density at radius 3 is 2.41 bits per heavy atom. The van der Waals surface area contributed by atoms with Crippen LogP contribution in [-0.4, -0.2) is 64.7 Å². The summed E-state index contributed by atoms with van der Waals surface area (Å²) in [4.78, 5) is 28.9.